The van der Waals surface area contributed by atoms with Crippen LogP contribution in [-0.4, -0.2) is 24.2 Å². The molecule has 6 atom stereocenters. The van der Waals surface area contributed by atoms with E-state index in [-0.39, 0.29) is 47.9 Å². The van der Waals surface area contributed by atoms with Crippen LogP contribution < -0.4 is 9.64 Å². The molecular formula is C25H20ClNO4. The summed E-state index contributed by atoms with van der Waals surface area (Å²) in [5.41, 5.74) is 0.909. The van der Waals surface area contributed by atoms with E-state index in [9.17, 15) is 14.4 Å². The molecule has 0 aromatic heterocycles. The minimum absolute atomic E-state index is 0.139. The SMILES string of the molecule is O=C(COc1ccccc1N1C(=O)[C@@H]2[C@@H]3C=C[C@H]([C@@H]4C[C@H]34)[C@@H]2C1=O)c1ccc(Cl)cc1. The summed E-state index contributed by atoms with van der Waals surface area (Å²) in [6.45, 7) is -0.196. The second-order valence-electron chi connectivity index (χ2n) is 8.85. The van der Waals surface area contributed by atoms with Crippen LogP contribution in [0.25, 0.3) is 0 Å². The third-order valence-electron chi connectivity index (χ3n) is 7.29. The summed E-state index contributed by atoms with van der Waals surface area (Å²) in [6, 6.07) is 13.5. The Hall–Kier alpha value is -2.92. The predicted molar refractivity (Wildman–Crippen MR) is 115 cm³/mol. The number of imide groups is 1. The van der Waals surface area contributed by atoms with Gasteiger partial charge in [0.05, 0.1) is 17.5 Å². The Labute approximate surface area is 184 Å². The molecule has 0 N–H and O–H groups in total. The number of hydrogen-bond acceptors (Lipinski definition) is 4. The maximum Gasteiger partial charge on any atom is 0.238 e. The van der Waals surface area contributed by atoms with E-state index in [1.165, 1.54) is 4.90 Å². The van der Waals surface area contributed by atoms with E-state index in [0.717, 1.165) is 6.42 Å². The first-order valence-corrected chi connectivity index (χ1v) is 11.0. The van der Waals surface area contributed by atoms with Crippen molar-refractivity contribution in [3.63, 3.8) is 0 Å². The molecule has 0 radical (unpaired) electrons. The van der Waals surface area contributed by atoms with Crippen molar-refractivity contribution in [1.82, 2.24) is 0 Å². The molecule has 5 aliphatic rings. The number of allylic oxidation sites excluding steroid dienone is 2. The fourth-order valence-electron chi connectivity index (χ4n) is 5.82. The third-order valence-corrected chi connectivity index (χ3v) is 7.55. The zero-order valence-corrected chi connectivity index (χ0v) is 17.4. The van der Waals surface area contributed by atoms with Crippen LogP contribution in [0.3, 0.4) is 0 Å². The van der Waals surface area contributed by atoms with E-state index in [4.69, 9.17) is 16.3 Å². The maximum atomic E-state index is 13.4. The van der Waals surface area contributed by atoms with Gasteiger partial charge >= 0.3 is 0 Å². The van der Waals surface area contributed by atoms with Gasteiger partial charge in [0.2, 0.25) is 11.8 Å². The van der Waals surface area contributed by atoms with Crippen molar-refractivity contribution in [2.24, 2.45) is 35.5 Å². The number of carbonyl (C=O) groups is 3. The first kappa shape index (κ1) is 18.8. The summed E-state index contributed by atoms with van der Waals surface area (Å²) in [5.74, 6) is 0.775. The number of hydrogen-bond donors (Lipinski definition) is 0. The molecule has 2 amide bonds. The van der Waals surface area contributed by atoms with Crippen molar-refractivity contribution in [1.29, 1.82) is 0 Å². The van der Waals surface area contributed by atoms with Crippen LogP contribution in [-0.2, 0) is 9.59 Å². The summed E-state index contributed by atoms with van der Waals surface area (Å²) in [7, 11) is 0. The number of halogens is 1. The Morgan fingerprint density at radius 1 is 0.935 bits per heavy atom. The highest BCUT2D eigenvalue weighted by atomic mass is 35.5. The number of benzene rings is 2. The van der Waals surface area contributed by atoms with Crippen LogP contribution in [0.1, 0.15) is 16.8 Å². The molecule has 1 saturated heterocycles. The monoisotopic (exact) mass is 433 g/mol. The van der Waals surface area contributed by atoms with Gasteiger partial charge in [-0.3, -0.25) is 14.4 Å². The Bertz CT molecular complexity index is 1100. The van der Waals surface area contributed by atoms with Gasteiger partial charge in [0.1, 0.15) is 5.75 Å². The fraction of sp³-hybridized carbons (Fsp3) is 0.320. The average Bonchev–Trinajstić information content (AvgIpc) is 3.56. The zero-order chi connectivity index (χ0) is 21.3. The van der Waals surface area contributed by atoms with Gasteiger partial charge in [-0.1, -0.05) is 35.9 Å². The molecule has 2 aromatic rings. The minimum atomic E-state index is -0.269. The summed E-state index contributed by atoms with van der Waals surface area (Å²) < 4.78 is 5.80. The molecule has 0 spiro atoms. The van der Waals surface area contributed by atoms with Crippen LogP contribution in [0.2, 0.25) is 5.02 Å². The molecule has 31 heavy (non-hydrogen) atoms. The summed E-state index contributed by atoms with van der Waals surface area (Å²) in [6.07, 6.45) is 5.44. The highest BCUT2D eigenvalue weighted by molar-refractivity contribution is 6.30. The van der Waals surface area contributed by atoms with Crippen LogP contribution in [0.4, 0.5) is 5.69 Å². The Morgan fingerprint density at radius 3 is 2.19 bits per heavy atom. The molecule has 0 unspecified atom stereocenters. The number of anilines is 1. The molecule has 7 rings (SSSR count). The largest absolute Gasteiger partial charge is 0.483 e. The molecule has 2 bridgehead atoms. The normalized spacial score (nSPS) is 32.1. The summed E-state index contributed by atoms with van der Waals surface area (Å²) >= 11 is 5.88. The van der Waals surface area contributed by atoms with Gasteiger partial charge in [0.25, 0.3) is 0 Å². The van der Waals surface area contributed by atoms with Gasteiger partial charge in [-0.25, -0.2) is 4.90 Å². The van der Waals surface area contributed by atoms with Crippen molar-refractivity contribution in [3.05, 3.63) is 71.3 Å². The highest BCUT2D eigenvalue weighted by Crippen LogP contribution is 2.65. The lowest BCUT2D eigenvalue weighted by atomic mass is 9.63. The van der Waals surface area contributed by atoms with Crippen LogP contribution in [0.5, 0.6) is 5.75 Å². The number of para-hydroxylation sites is 2. The lowest BCUT2D eigenvalue weighted by molar-refractivity contribution is -0.124. The van der Waals surface area contributed by atoms with Crippen LogP contribution in [0, 0.1) is 35.5 Å². The van der Waals surface area contributed by atoms with E-state index >= 15 is 0 Å². The van der Waals surface area contributed by atoms with Crippen LogP contribution in [0.15, 0.2) is 60.7 Å². The van der Waals surface area contributed by atoms with E-state index in [2.05, 4.69) is 12.2 Å². The molecule has 5 nitrogen and oxygen atoms in total. The first-order chi connectivity index (χ1) is 15.0. The average molecular weight is 434 g/mol. The summed E-state index contributed by atoms with van der Waals surface area (Å²) in [5, 5.41) is 0.552. The molecule has 156 valence electrons. The predicted octanol–water partition coefficient (Wildman–Crippen LogP) is 4.16. The molecular weight excluding hydrogens is 414 g/mol. The second kappa shape index (κ2) is 6.79. The third kappa shape index (κ3) is 2.79. The van der Waals surface area contributed by atoms with Gasteiger partial charge in [-0.15, -0.1) is 0 Å². The van der Waals surface area contributed by atoms with Crippen molar-refractivity contribution in [2.75, 3.05) is 11.5 Å². The van der Waals surface area contributed by atoms with Gasteiger partial charge in [-0.05, 0) is 66.5 Å². The summed E-state index contributed by atoms with van der Waals surface area (Å²) in [4.78, 5) is 40.6. The van der Waals surface area contributed by atoms with Crippen molar-refractivity contribution >= 4 is 34.9 Å². The number of amides is 2. The number of rotatable bonds is 5. The van der Waals surface area contributed by atoms with Crippen molar-refractivity contribution in [3.8, 4) is 5.75 Å². The van der Waals surface area contributed by atoms with Gasteiger partial charge in [0.15, 0.2) is 12.4 Å². The molecule has 3 fully saturated rings. The molecule has 1 heterocycles. The molecule has 4 aliphatic carbocycles. The topological polar surface area (TPSA) is 63.7 Å². The number of ether oxygens (including phenoxy) is 1. The molecule has 6 heteroatoms. The van der Waals surface area contributed by atoms with E-state index in [1.807, 2.05) is 0 Å². The number of nitrogens with zero attached hydrogens (tertiary/aromatic N) is 1. The fourth-order valence-corrected chi connectivity index (χ4v) is 5.95. The molecule has 2 aromatic carbocycles. The highest BCUT2D eigenvalue weighted by Gasteiger charge is 2.67. The standard InChI is InChI=1S/C25H20ClNO4/c26-14-7-5-13(6-8-14)20(28)12-31-21-4-2-1-3-19(21)27-24(29)22-15-9-10-16(18-11-17(15)18)23(22)25(27)30/h1-10,15-18,22-23H,11-12H2/t15-,16-,17-,18+,22-,23+/m1/s1. The molecule has 1 aliphatic heterocycles. The lowest BCUT2D eigenvalue weighted by Gasteiger charge is -2.37. The Morgan fingerprint density at radius 2 is 1.55 bits per heavy atom. The van der Waals surface area contributed by atoms with E-state index in [0.29, 0.717) is 33.9 Å². The Balaban J connectivity index is 1.26. The number of ketones is 1. The van der Waals surface area contributed by atoms with Gasteiger partial charge in [0, 0.05) is 10.6 Å². The van der Waals surface area contributed by atoms with Gasteiger partial charge < -0.3 is 4.74 Å². The quantitative estimate of drug-likeness (QED) is 0.403. The maximum absolute atomic E-state index is 13.4. The van der Waals surface area contributed by atoms with Crippen molar-refractivity contribution in [2.45, 2.75) is 6.42 Å². The first-order valence-electron chi connectivity index (χ1n) is 10.6. The second-order valence-corrected chi connectivity index (χ2v) is 9.29. The molecule has 2 saturated carbocycles. The zero-order valence-electron chi connectivity index (χ0n) is 16.6. The van der Waals surface area contributed by atoms with Crippen LogP contribution >= 0.6 is 11.6 Å². The smallest absolute Gasteiger partial charge is 0.238 e. The van der Waals surface area contributed by atoms with E-state index in [1.54, 1.807) is 48.5 Å². The van der Waals surface area contributed by atoms with E-state index < -0.39 is 0 Å². The Kier molecular flexibility index (Phi) is 4.12. The number of carbonyl (C=O) groups excluding carboxylic acids is 3. The van der Waals surface area contributed by atoms with Crippen molar-refractivity contribution < 1.29 is 19.1 Å². The lowest BCUT2D eigenvalue weighted by Crippen LogP contribution is -2.40. The number of Topliss-reactive ketones (excluding diaryl/α,β-unsaturated/α-hetero) is 1. The van der Waals surface area contributed by atoms with Gasteiger partial charge in [-0.2, -0.15) is 0 Å². The minimum Gasteiger partial charge on any atom is -0.483 e.